The number of aryl methyl sites for hydroxylation is 8. The second-order valence-electron chi connectivity index (χ2n) is 18.2. The summed E-state index contributed by atoms with van der Waals surface area (Å²) in [7, 11) is 0. The minimum Gasteiger partial charge on any atom is -0.310 e. The van der Waals surface area contributed by atoms with Crippen LogP contribution in [0.15, 0.2) is 115 Å². The van der Waals surface area contributed by atoms with Crippen molar-refractivity contribution in [3.05, 3.63) is 176 Å². The average molecular weight is 785 g/mol. The van der Waals surface area contributed by atoms with E-state index in [9.17, 15) is 0 Å². The quantitative estimate of drug-likeness (QED) is 0.149. The molecule has 0 heterocycles. The lowest BCUT2D eigenvalue weighted by Crippen LogP contribution is -2.13. The van der Waals surface area contributed by atoms with Gasteiger partial charge in [0.15, 0.2) is 0 Å². The van der Waals surface area contributed by atoms with Crippen molar-refractivity contribution >= 4 is 66.4 Å². The van der Waals surface area contributed by atoms with Crippen LogP contribution in [-0.4, -0.2) is 0 Å². The van der Waals surface area contributed by atoms with Gasteiger partial charge in [-0.1, -0.05) is 67.8 Å². The van der Waals surface area contributed by atoms with Gasteiger partial charge in [-0.15, -0.1) is 0 Å². The SMILES string of the molecule is Cc1ccc(N(c2cc(C)c(C)c(C)c2)c2cc3c4ccc(C5CCCCC5)cc4c(N(c4ccc(C)c(C)c4)c4cc(C)c(C)c(C)c4)cc3c3ccccc23)cc1C. The van der Waals surface area contributed by atoms with E-state index in [0.29, 0.717) is 5.92 Å². The highest BCUT2D eigenvalue weighted by molar-refractivity contribution is 6.24. The van der Waals surface area contributed by atoms with Crippen molar-refractivity contribution in [1.82, 2.24) is 0 Å². The summed E-state index contributed by atoms with van der Waals surface area (Å²) >= 11 is 0. The molecule has 0 saturated heterocycles. The molecule has 8 aromatic rings. The van der Waals surface area contributed by atoms with Crippen LogP contribution in [0.2, 0.25) is 0 Å². The molecule has 0 N–H and O–H groups in total. The van der Waals surface area contributed by atoms with Crippen LogP contribution in [0.25, 0.3) is 32.3 Å². The standard InChI is InChI=1S/C58H60N2/c1-35-20-23-47(26-37(35)3)59(49-28-39(5)43(9)40(6)29-49)57-33-55-52-25-22-46(45-16-12-11-13-17-45)32-56(52)58(34-54(55)51-18-14-15-19-53(51)57)60(48-24-21-36(2)38(4)27-48)50-30-41(7)44(10)42(8)31-50/h14-15,18-34,45H,11-13,16-17H2,1-10H3. The maximum atomic E-state index is 2.57. The van der Waals surface area contributed by atoms with Gasteiger partial charge < -0.3 is 9.80 Å². The third-order valence-corrected chi connectivity index (χ3v) is 14.4. The summed E-state index contributed by atoms with van der Waals surface area (Å²) in [5.41, 5.74) is 21.8. The lowest BCUT2D eigenvalue weighted by molar-refractivity contribution is 0.444. The van der Waals surface area contributed by atoms with Crippen LogP contribution < -0.4 is 9.80 Å². The van der Waals surface area contributed by atoms with Crippen molar-refractivity contribution in [3.8, 4) is 0 Å². The van der Waals surface area contributed by atoms with E-state index in [1.807, 2.05) is 0 Å². The molecule has 2 nitrogen and oxygen atoms in total. The maximum absolute atomic E-state index is 2.57. The first-order chi connectivity index (χ1) is 28.9. The van der Waals surface area contributed by atoms with Gasteiger partial charge in [-0.2, -0.15) is 0 Å². The van der Waals surface area contributed by atoms with Crippen LogP contribution >= 0.6 is 0 Å². The van der Waals surface area contributed by atoms with E-state index < -0.39 is 0 Å². The molecule has 0 unspecified atom stereocenters. The molecule has 0 atom stereocenters. The van der Waals surface area contributed by atoms with Crippen LogP contribution in [0.5, 0.6) is 0 Å². The zero-order valence-corrected chi connectivity index (χ0v) is 37.5. The Morgan fingerprint density at radius 1 is 0.333 bits per heavy atom. The fraction of sp³-hybridized carbons (Fsp3) is 0.276. The summed E-state index contributed by atoms with van der Waals surface area (Å²) in [6, 6.07) is 45.1. The minimum absolute atomic E-state index is 0.589. The predicted octanol–water partition coefficient (Wildman–Crippen LogP) is 17.2. The Hall–Kier alpha value is -5.86. The molecule has 1 fully saturated rings. The number of hydrogen-bond acceptors (Lipinski definition) is 2. The fourth-order valence-corrected chi connectivity index (χ4v) is 9.91. The summed E-state index contributed by atoms with van der Waals surface area (Å²) in [6.07, 6.45) is 6.50. The third kappa shape index (κ3) is 6.94. The third-order valence-electron chi connectivity index (χ3n) is 14.4. The van der Waals surface area contributed by atoms with Crippen molar-refractivity contribution in [1.29, 1.82) is 0 Å². The van der Waals surface area contributed by atoms with Gasteiger partial charge in [0.2, 0.25) is 0 Å². The molecule has 1 aliphatic rings. The van der Waals surface area contributed by atoms with Gasteiger partial charge in [-0.3, -0.25) is 0 Å². The lowest BCUT2D eigenvalue weighted by atomic mass is 9.83. The largest absolute Gasteiger partial charge is 0.310 e. The van der Waals surface area contributed by atoms with Crippen molar-refractivity contribution < 1.29 is 0 Å². The summed E-state index contributed by atoms with van der Waals surface area (Å²) in [5.74, 6) is 0.589. The van der Waals surface area contributed by atoms with Gasteiger partial charge >= 0.3 is 0 Å². The van der Waals surface area contributed by atoms with Gasteiger partial charge in [-0.05, 0) is 237 Å². The Kier molecular flexibility index (Phi) is 10.3. The van der Waals surface area contributed by atoms with E-state index in [1.54, 1.807) is 0 Å². The summed E-state index contributed by atoms with van der Waals surface area (Å²) < 4.78 is 0. The number of benzene rings is 8. The predicted molar refractivity (Wildman–Crippen MR) is 262 cm³/mol. The monoisotopic (exact) mass is 784 g/mol. The molecule has 0 spiro atoms. The van der Waals surface area contributed by atoms with Crippen LogP contribution in [0, 0.1) is 69.2 Å². The first-order valence-corrected chi connectivity index (χ1v) is 22.2. The molecule has 1 saturated carbocycles. The van der Waals surface area contributed by atoms with E-state index in [1.165, 1.54) is 160 Å². The van der Waals surface area contributed by atoms with Crippen molar-refractivity contribution in [2.24, 2.45) is 0 Å². The molecule has 0 aliphatic heterocycles. The molecule has 0 radical (unpaired) electrons. The molecule has 0 amide bonds. The molecule has 60 heavy (non-hydrogen) atoms. The molecule has 2 heteroatoms. The van der Waals surface area contributed by atoms with E-state index in [4.69, 9.17) is 0 Å². The highest BCUT2D eigenvalue weighted by Gasteiger charge is 2.25. The zero-order chi connectivity index (χ0) is 42.0. The first kappa shape index (κ1) is 39.6. The van der Waals surface area contributed by atoms with E-state index in [2.05, 4.69) is 194 Å². The van der Waals surface area contributed by atoms with E-state index >= 15 is 0 Å². The fourth-order valence-electron chi connectivity index (χ4n) is 9.91. The molecule has 302 valence electrons. The topological polar surface area (TPSA) is 6.48 Å². The Bertz CT molecular complexity index is 2930. The normalized spacial score (nSPS) is 13.4. The molecule has 8 aromatic carbocycles. The van der Waals surface area contributed by atoms with Gasteiger partial charge in [0.05, 0.1) is 11.4 Å². The number of hydrogen-bond donors (Lipinski definition) is 0. The second kappa shape index (κ2) is 15.6. The second-order valence-corrected chi connectivity index (χ2v) is 18.2. The number of nitrogens with zero attached hydrogens (tertiary/aromatic N) is 2. The van der Waals surface area contributed by atoms with Gasteiger partial charge in [0, 0.05) is 33.5 Å². The molecule has 0 bridgehead atoms. The molecule has 0 aromatic heterocycles. The smallest absolute Gasteiger partial charge is 0.0546 e. The lowest BCUT2D eigenvalue weighted by Gasteiger charge is -2.31. The van der Waals surface area contributed by atoms with Crippen LogP contribution in [-0.2, 0) is 0 Å². The number of rotatable bonds is 7. The van der Waals surface area contributed by atoms with Crippen LogP contribution in [0.3, 0.4) is 0 Å². The maximum Gasteiger partial charge on any atom is 0.0546 e. The van der Waals surface area contributed by atoms with Gasteiger partial charge in [0.25, 0.3) is 0 Å². The molecular formula is C58H60N2. The Morgan fingerprint density at radius 3 is 1.25 bits per heavy atom. The van der Waals surface area contributed by atoms with Crippen molar-refractivity contribution in [2.75, 3.05) is 9.80 Å². The summed E-state index contributed by atoms with van der Waals surface area (Å²) in [6.45, 7) is 22.4. The Labute approximate surface area is 358 Å². The van der Waals surface area contributed by atoms with Gasteiger partial charge in [0.1, 0.15) is 0 Å². The number of fused-ring (bicyclic) bond motifs is 5. The van der Waals surface area contributed by atoms with Crippen molar-refractivity contribution in [2.45, 2.75) is 107 Å². The molecular weight excluding hydrogens is 725 g/mol. The van der Waals surface area contributed by atoms with Gasteiger partial charge in [-0.25, -0.2) is 0 Å². The molecule has 1 aliphatic carbocycles. The zero-order valence-electron chi connectivity index (χ0n) is 37.5. The molecule has 9 rings (SSSR count). The Balaban J connectivity index is 1.41. The highest BCUT2D eigenvalue weighted by atomic mass is 15.2. The van der Waals surface area contributed by atoms with Crippen LogP contribution in [0.4, 0.5) is 34.1 Å². The average Bonchev–Trinajstić information content (AvgIpc) is 3.24. The summed E-state index contributed by atoms with van der Waals surface area (Å²) in [4.78, 5) is 5.07. The van der Waals surface area contributed by atoms with E-state index in [-0.39, 0.29) is 0 Å². The summed E-state index contributed by atoms with van der Waals surface area (Å²) in [5, 5.41) is 7.65. The first-order valence-electron chi connectivity index (χ1n) is 22.2. The minimum atomic E-state index is 0.589. The number of anilines is 6. The van der Waals surface area contributed by atoms with Crippen LogP contribution in [0.1, 0.15) is 99.2 Å². The van der Waals surface area contributed by atoms with Crippen molar-refractivity contribution in [3.63, 3.8) is 0 Å². The van der Waals surface area contributed by atoms with E-state index in [0.717, 1.165) is 0 Å². The highest BCUT2D eigenvalue weighted by Crippen LogP contribution is 2.49. The Morgan fingerprint density at radius 2 is 0.767 bits per heavy atom.